The normalized spacial score (nSPS) is 12.0. The van der Waals surface area contributed by atoms with Gasteiger partial charge >= 0.3 is 0 Å². The van der Waals surface area contributed by atoms with Gasteiger partial charge in [0.1, 0.15) is 0 Å². The first-order valence-electron chi connectivity index (χ1n) is 5.01. The van der Waals surface area contributed by atoms with Gasteiger partial charge in [0, 0.05) is 58.0 Å². The van der Waals surface area contributed by atoms with Crippen LogP contribution in [0.5, 0.6) is 0 Å². The van der Waals surface area contributed by atoms with Crippen molar-refractivity contribution in [2.24, 2.45) is 0 Å². The van der Waals surface area contributed by atoms with E-state index in [-0.39, 0.29) is 0 Å². The van der Waals surface area contributed by atoms with E-state index in [0.29, 0.717) is 0 Å². The highest BCUT2D eigenvalue weighted by atomic mass is 79.9. The van der Waals surface area contributed by atoms with E-state index in [0.717, 1.165) is 35.8 Å². The van der Waals surface area contributed by atoms with E-state index in [2.05, 4.69) is 127 Å². The van der Waals surface area contributed by atoms with E-state index in [1.807, 2.05) is 0 Å². The summed E-state index contributed by atoms with van der Waals surface area (Å²) in [4.78, 5) is 0. The zero-order valence-corrected chi connectivity index (χ0v) is 21.7. The number of benzene rings is 2. The maximum Gasteiger partial charge on any atom is 0.0477 e. The van der Waals surface area contributed by atoms with Gasteiger partial charge in [0.2, 0.25) is 0 Å². The van der Waals surface area contributed by atoms with Crippen LogP contribution < -0.4 is 0 Å². The van der Waals surface area contributed by atoms with Crippen molar-refractivity contribution in [2.45, 2.75) is 0 Å². The quantitative estimate of drug-likeness (QED) is 0.158. The summed E-state index contributed by atoms with van der Waals surface area (Å²) in [5.41, 5.74) is 4.73. The van der Waals surface area contributed by atoms with E-state index >= 15 is 0 Å². The van der Waals surface area contributed by atoms with Crippen molar-refractivity contribution in [3.8, 4) is 22.3 Å². The van der Waals surface area contributed by atoms with Crippen LogP contribution in [0.25, 0.3) is 22.3 Å². The predicted molar refractivity (Wildman–Crippen MR) is 112 cm³/mol. The average Bonchev–Trinajstić information content (AvgIpc) is 2.39. The van der Waals surface area contributed by atoms with Crippen molar-refractivity contribution in [3.05, 3.63) is 35.8 Å². The highest BCUT2D eigenvalue weighted by Crippen LogP contribution is 2.64. The summed E-state index contributed by atoms with van der Waals surface area (Å²) in [7, 11) is 0. The van der Waals surface area contributed by atoms with Gasteiger partial charge < -0.3 is 0 Å². The molecule has 2 aromatic carbocycles. The number of rotatable bonds is 0. The number of hydrogen-bond acceptors (Lipinski definition) is 0. The van der Waals surface area contributed by atoms with Crippen LogP contribution in [-0.4, -0.2) is 0 Å². The standard InChI is InChI=1S/C12Br8/c13-5-1-2(6(14)10(18)9(5)17)4-3(1)7(15)11(19)12(20)8(4)16. The van der Waals surface area contributed by atoms with Crippen LogP contribution in [0.1, 0.15) is 0 Å². The first kappa shape index (κ1) is 17.1. The second kappa shape index (κ2) is 5.97. The lowest BCUT2D eigenvalue weighted by Crippen LogP contribution is -2.06. The molecule has 0 atom stereocenters. The van der Waals surface area contributed by atoms with Crippen LogP contribution in [0.4, 0.5) is 0 Å². The molecule has 104 valence electrons. The van der Waals surface area contributed by atoms with Crippen LogP contribution in [0.2, 0.25) is 0 Å². The SMILES string of the molecule is Brc1c(Br)c(Br)c2c(c1Br)-c1c(Br)c(Br)c(Br)c(Br)c1-2. The Bertz CT molecular complexity index is 645. The van der Waals surface area contributed by atoms with Crippen molar-refractivity contribution in [1.29, 1.82) is 0 Å². The predicted octanol–water partition coefficient (Wildman–Crippen LogP) is 9.43. The fraction of sp³-hybridized carbons (Fsp3) is 0. The molecule has 0 saturated carbocycles. The smallest absolute Gasteiger partial charge is 0.0477 e. The molecular weight excluding hydrogens is 783 g/mol. The third kappa shape index (κ3) is 2.22. The van der Waals surface area contributed by atoms with E-state index in [1.165, 1.54) is 22.3 Å². The Kier molecular flexibility index (Phi) is 5.11. The minimum absolute atomic E-state index is 0.996. The molecule has 0 fully saturated rings. The van der Waals surface area contributed by atoms with Gasteiger partial charge in [-0.1, -0.05) is 0 Å². The summed E-state index contributed by atoms with van der Waals surface area (Å²) >= 11 is 29.1. The minimum atomic E-state index is 0.996. The second-order valence-corrected chi connectivity index (χ2v) is 10.4. The molecule has 0 radical (unpaired) electrons. The molecule has 1 aliphatic rings. The fourth-order valence-corrected chi connectivity index (χ4v) is 7.17. The first-order chi connectivity index (χ1) is 9.29. The number of halogens is 8. The molecule has 0 unspecified atom stereocenters. The summed E-state index contributed by atoms with van der Waals surface area (Å²) in [6.07, 6.45) is 0. The Morgan fingerprint density at radius 2 is 0.400 bits per heavy atom. The van der Waals surface area contributed by atoms with E-state index in [4.69, 9.17) is 0 Å². The van der Waals surface area contributed by atoms with Crippen LogP contribution in [-0.2, 0) is 0 Å². The maximum absolute atomic E-state index is 3.68. The lowest BCUT2D eigenvalue weighted by atomic mass is 9.81. The number of fused-ring (bicyclic) bond motifs is 4. The molecule has 0 bridgehead atoms. The molecule has 0 amide bonds. The third-order valence-electron chi connectivity index (χ3n) is 3.03. The Labute approximate surface area is 182 Å². The zero-order chi connectivity index (χ0) is 14.9. The molecule has 0 aliphatic heterocycles. The molecule has 20 heavy (non-hydrogen) atoms. The van der Waals surface area contributed by atoms with E-state index in [1.54, 1.807) is 0 Å². The Morgan fingerprint density at radius 1 is 0.250 bits per heavy atom. The minimum Gasteiger partial charge on any atom is -0.0489 e. The molecule has 0 spiro atoms. The van der Waals surface area contributed by atoms with Crippen molar-refractivity contribution in [1.82, 2.24) is 0 Å². The molecule has 3 rings (SSSR count). The first-order valence-corrected chi connectivity index (χ1v) is 11.4. The van der Waals surface area contributed by atoms with Gasteiger partial charge in [-0.05, 0) is 127 Å². The molecule has 0 saturated heterocycles. The van der Waals surface area contributed by atoms with Crippen LogP contribution in [0, 0.1) is 0 Å². The molecule has 0 aromatic heterocycles. The second-order valence-electron chi connectivity index (χ2n) is 4.01. The molecule has 0 N–H and O–H groups in total. The molecular formula is C12Br8. The molecule has 2 aromatic rings. The Morgan fingerprint density at radius 3 is 0.550 bits per heavy atom. The lowest BCUT2D eigenvalue weighted by molar-refractivity contribution is 1.36. The van der Waals surface area contributed by atoms with Gasteiger partial charge in [0.15, 0.2) is 0 Å². The molecule has 1 aliphatic carbocycles. The maximum atomic E-state index is 3.68. The Balaban J connectivity index is 2.49. The van der Waals surface area contributed by atoms with Crippen molar-refractivity contribution < 1.29 is 0 Å². The highest BCUT2D eigenvalue weighted by molar-refractivity contribution is 9.15. The van der Waals surface area contributed by atoms with Crippen LogP contribution >= 0.6 is 127 Å². The summed E-state index contributed by atoms with van der Waals surface area (Å²) in [5.74, 6) is 0. The zero-order valence-electron chi connectivity index (χ0n) is 9.02. The largest absolute Gasteiger partial charge is 0.0489 e. The van der Waals surface area contributed by atoms with Crippen LogP contribution in [0.3, 0.4) is 0 Å². The van der Waals surface area contributed by atoms with Gasteiger partial charge in [-0.25, -0.2) is 0 Å². The Hall–Kier alpha value is 2.28. The van der Waals surface area contributed by atoms with Gasteiger partial charge in [0.25, 0.3) is 0 Å². The monoisotopic (exact) mass is 775 g/mol. The lowest BCUT2D eigenvalue weighted by Gasteiger charge is -2.31. The van der Waals surface area contributed by atoms with Gasteiger partial charge in [-0.3, -0.25) is 0 Å². The topological polar surface area (TPSA) is 0 Å². The van der Waals surface area contributed by atoms with Gasteiger partial charge in [0.05, 0.1) is 0 Å². The molecule has 8 heteroatoms. The average molecular weight is 783 g/mol. The van der Waals surface area contributed by atoms with Crippen molar-refractivity contribution in [2.75, 3.05) is 0 Å². The van der Waals surface area contributed by atoms with Gasteiger partial charge in [-0.15, -0.1) is 0 Å². The van der Waals surface area contributed by atoms with Gasteiger partial charge in [-0.2, -0.15) is 0 Å². The highest BCUT2D eigenvalue weighted by Gasteiger charge is 2.36. The van der Waals surface area contributed by atoms with E-state index < -0.39 is 0 Å². The molecule has 0 nitrogen and oxygen atoms in total. The van der Waals surface area contributed by atoms with Crippen molar-refractivity contribution >= 4 is 127 Å². The summed E-state index contributed by atoms with van der Waals surface area (Å²) in [6, 6.07) is 0. The number of hydrogen-bond donors (Lipinski definition) is 0. The fourth-order valence-electron chi connectivity index (χ4n) is 2.14. The third-order valence-corrected chi connectivity index (χ3v) is 12.6. The van der Waals surface area contributed by atoms with Crippen molar-refractivity contribution in [3.63, 3.8) is 0 Å². The summed E-state index contributed by atoms with van der Waals surface area (Å²) in [6.45, 7) is 0. The summed E-state index contributed by atoms with van der Waals surface area (Å²) < 4.78 is 8.14. The summed E-state index contributed by atoms with van der Waals surface area (Å²) in [5, 5.41) is 0. The van der Waals surface area contributed by atoms with E-state index in [9.17, 15) is 0 Å². The van der Waals surface area contributed by atoms with Crippen LogP contribution in [0.15, 0.2) is 35.8 Å². The molecule has 0 heterocycles.